The van der Waals surface area contributed by atoms with Crippen molar-refractivity contribution < 1.29 is 9.90 Å². The fourth-order valence-corrected chi connectivity index (χ4v) is 2.45. The van der Waals surface area contributed by atoms with Crippen molar-refractivity contribution >= 4 is 6.29 Å². The molecule has 0 bridgehead atoms. The van der Waals surface area contributed by atoms with Crippen LogP contribution in [0.25, 0.3) is 0 Å². The summed E-state index contributed by atoms with van der Waals surface area (Å²) in [6.45, 7) is 1.89. The molecule has 1 aliphatic rings. The van der Waals surface area contributed by atoms with E-state index in [0.717, 1.165) is 19.1 Å². The standard InChI is InChI=1S/C10H20N2O2/c1-3-10(11)4-8(12-2)9(5-10,6-13)7-14/h6,8,12,14H,3-5,7,11H2,1-2H3. The van der Waals surface area contributed by atoms with E-state index in [1.54, 1.807) is 7.05 Å². The summed E-state index contributed by atoms with van der Waals surface area (Å²) < 4.78 is 0. The number of aliphatic hydroxyl groups is 1. The van der Waals surface area contributed by atoms with E-state index < -0.39 is 5.41 Å². The average molecular weight is 200 g/mol. The first-order valence-electron chi connectivity index (χ1n) is 5.09. The SMILES string of the molecule is CCC1(N)CC(NC)C(C=O)(CO)C1. The van der Waals surface area contributed by atoms with Gasteiger partial charge in [-0.3, -0.25) is 0 Å². The largest absolute Gasteiger partial charge is 0.395 e. The highest BCUT2D eigenvalue weighted by Crippen LogP contribution is 2.42. The molecule has 0 saturated heterocycles. The lowest BCUT2D eigenvalue weighted by molar-refractivity contribution is -0.119. The third kappa shape index (κ3) is 1.69. The highest BCUT2D eigenvalue weighted by atomic mass is 16.3. The predicted octanol–water partition coefficient (Wildman–Crippen LogP) is -0.347. The van der Waals surface area contributed by atoms with Crippen LogP contribution in [0.4, 0.5) is 0 Å². The second-order valence-corrected chi connectivity index (χ2v) is 4.45. The molecule has 4 N–H and O–H groups in total. The number of carbonyl (C=O) groups excluding carboxylic acids is 1. The van der Waals surface area contributed by atoms with Crippen molar-refractivity contribution in [2.24, 2.45) is 11.1 Å². The molecule has 3 atom stereocenters. The molecule has 3 unspecified atom stereocenters. The molecule has 1 fully saturated rings. The van der Waals surface area contributed by atoms with Gasteiger partial charge in [-0.2, -0.15) is 0 Å². The number of nitrogens with two attached hydrogens (primary N) is 1. The van der Waals surface area contributed by atoms with Gasteiger partial charge < -0.3 is 21.0 Å². The zero-order valence-electron chi connectivity index (χ0n) is 8.92. The summed E-state index contributed by atoms with van der Waals surface area (Å²) in [5.74, 6) is 0. The van der Waals surface area contributed by atoms with Gasteiger partial charge in [0.2, 0.25) is 0 Å². The lowest BCUT2D eigenvalue weighted by Crippen LogP contribution is -2.43. The maximum Gasteiger partial charge on any atom is 0.130 e. The Morgan fingerprint density at radius 3 is 2.64 bits per heavy atom. The summed E-state index contributed by atoms with van der Waals surface area (Å²) in [6.07, 6.45) is 3.01. The Kier molecular flexibility index (Phi) is 3.29. The average Bonchev–Trinajstić information content (AvgIpc) is 2.53. The fourth-order valence-electron chi connectivity index (χ4n) is 2.45. The molecular formula is C10H20N2O2. The first kappa shape index (κ1) is 11.6. The molecule has 14 heavy (non-hydrogen) atoms. The summed E-state index contributed by atoms with van der Waals surface area (Å²) in [6, 6.07) is -0.00468. The normalized spacial score (nSPS) is 42.7. The molecule has 0 aromatic rings. The van der Waals surface area contributed by atoms with E-state index in [9.17, 15) is 9.90 Å². The lowest BCUT2D eigenvalue weighted by Gasteiger charge is -2.27. The van der Waals surface area contributed by atoms with Gasteiger partial charge in [0.15, 0.2) is 0 Å². The molecule has 0 radical (unpaired) electrons. The Morgan fingerprint density at radius 2 is 2.36 bits per heavy atom. The van der Waals surface area contributed by atoms with Gasteiger partial charge in [0, 0.05) is 11.6 Å². The van der Waals surface area contributed by atoms with Crippen LogP contribution in [0, 0.1) is 5.41 Å². The molecule has 0 spiro atoms. The van der Waals surface area contributed by atoms with Crippen molar-refractivity contribution in [3.05, 3.63) is 0 Å². The molecule has 0 aliphatic heterocycles. The minimum absolute atomic E-state index is 0.00468. The van der Waals surface area contributed by atoms with Gasteiger partial charge in [-0.1, -0.05) is 6.92 Å². The number of rotatable bonds is 4. The van der Waals surface area contributed by atoms with Gasteiger partial charge in [-0.15, -0.1) is 0 Å². The molecule has 4 nitrogen and oxygen atoms in total. The first-order chi connectivity index (χ1) is 6.55. The van der Waals surface area contributed by atoms with Crippen molar-refractivity contribution in [3.8, 4) is 0 Å². The third-order valence-corrected chi connectivity index (χ3v) is 3.57. The second kappa shape index (κ2) is 3.96. The number of carbonyl (C=O) groups is 1. The highest BCUT2D eigenvalue weighted by molar-refractivity contribution is 5.62. The van der Waals surface area contributed by atoms with Crippen molar-refractivity contribution in [2.45, 2.75) is 37.8 Å². The van der Waals surface area contributed by atoms with E-state index in [0.29, 0.717) is 6.42 Å². The van der Waals surface area contributed by atoms with Crippen molar-refractivity contribution in [3.63, 3.8) is 0 Å². The Morgan fingerprint density at radius 1 is 1.71 bits per heavy atom. The number of aliphatic hydroxyl groups excluding tert-OH is 1. The van der Waals surface area contributed by atoms with Crippen LogP contribution >= 0.6 is 0 Å². The van der Waals surface area contributed by atoms with E-state index in [1.165, 1.54) is 0 Å². The molecule has 0 aromatic carbocycles. The molecular weight excluding hydrogens is 180 g/mol. The first-order valence-corrected chi connectivity index (χ1v) is 5.09. The van der Waals surface area contributed by atoms with Crippen LogP contribution in [0.5, 0.6) is 0 Å². The smallest absolute Gasteiger partial charge is 0.130 e. The molecule has 1 aliphatic carbocycles. The summed E-state index contributed by atoms with van der Waals surface area (Å²) in [5.41, 5.74) is 5.15. The summed E-state index contributed by atoms with van der Waals surface area (Å²) in [4.78, 5) is 11.1. The summed E-state index contributed by atoms with van der Waals surface area (Å²) in [7, 11) is 1.81. The van der Waals surface area contributed by atoms with Crippen molar-refractivity contribution in [1.82, 2.24) is 5.32 Å². The fraction of sp³-hybridized carbons (Fsp3) is 0.900. The van der Waals surface area contributed by atoms with Gasteiger partial charge in [0.25, 0.3) is 0 Å². The van der Waals surface area contributed by atoms with Gasteiger partial charge in [0.05, 0.1) is 12.0 Å². The number of aldehydes is 1. The van der Waals surface area contributed by atoms with E-state index in [4.69, 9.17) is 5.73 Å². The van der Waals surface area contributed by atoms with Crippen molar-refractivity contribution in [1.29, 1.82) is 0 Å². The summed E-state index contributed by atoms with van der Waals surface area (Å²) in [5, 5.41) is 12.4. The van der Waals surface area contributed by atoms with Crippen LogP contribution in [-0.4, -0.2) is 36.6 Å². The maximum atomic E-state index is 11.1. The Hall–Kier alpha value is -0.450. The Labute approximate surface area is 84.9 Å². The second-order valence-electron chi connectivity index (χ2n) is 4.45. The highest BCUT2D eigenvalue weighted by Gasteiger charge is 2.51. The predicted molar refractivity (Wildman–Crippen MR) is 54.9 cm³/mol. The molecule has 1 saturated carbocycles. The zero-order chi connectivity index (χ0) is 10.8. The quantitative estimate of drug-likeness (QED) is 0.542. The Balaban J connectivity index is 2.91. The summed E-state index contributed by atoms with van der Waals surface area (Å²) >= 11 is 0. The van der Waals surface area contributed by atoms with Crippen LogP contribution in [0.2, 0.25) is 0 Å². The minimum Gasteiger partial charge on any atom is -0.395 e. The minimum atomic E-state index is -0.681. The van der Waals surface area contributed by atoms with Crippen LogP contribution in [-0.2, 0) is 4.79 Å². The van der Waals surface area contributed by atoms with Crippen LogP contribution in [0.3, 0.4) is 0 Å². The maximum absolute atomic E-state index is 11.1. The number of hydrogen-bond acceptors (Lipinski definition) is 4. The van der Waals surface area contributed by atoms with Crippen LogP contribution in [0.15, 0.2) is 0 Å². The van der Waals surface area contributed by atoms with Crippen LogP contribution in [0.1, 0.15) is 26.2 Å². The Bertz CT molecular complexity index is 222. The monoisotopic (exact) mass is 200 g/mol. The van der Waals surface area contributed by atoms with E-state index in [-0.39, 0.29) is 18.2 Å². The number of nitrogens with one attached hydrogen (secondary N) is 1. The third-order valence-electron chi connectivity index (χ3n) is 3.57. The van der Waals surface area contributed by atoms with Crippen LogP contribution < -0.4 is 11.1 Å². The lowest BCUT2D eigenvalue weighted by atomic mass is 9.83. The molecule has 0 amide bonds. The van der Waals surface area contributed by atoms with E-state index >= 15 is 0 Å². The molecule has 82 valence electrons. The van der Waals surface area contributed by atoms with Gasteiger partial charge in [-0.25, -0.2) is 0 Å². The topological polar surface area (TPSA) is 75.3 Å². The number of hydrogen-bond donors (Lipinski definition) is 3. The molecule has 4 heteroatoms. The van der Waals surface area contributed by atoms with E-state index in [1.807, 2.05) is 6.92 Å². The van der Waals surface area contributed by atoms with Gasteiger partial charge in [0.1, 0.15) is 6.29 Å². The molecule has 0 aromatic heterocycles. The van der Waals surface area contributed by atoms with E-state index in [2.05, 4.69) is 5.32 Å². The molecule has 0 heterocycles. The van der Waals surface area contributed by atoms with Gasteiger partial charge in [-0.05, 0) is 26.3 Å². The van der Waals surface area contributed by atoms with Gasteiger partial charge >= 0.3 is 0 Å². The van der Waals surface area contributed by atoms with Crippen molar-refractivity contribution in [2.75, 3.05) is 13.7 Å². The zero-order valence-corrected chi connectivity index (χ0v) is 8.92. The molecule has 1 rings (SSSR count).